The Bertz CT molecular complexity index is 853. The molecule has 1 aliphatic heterocycles. The van der Waals surface area contributed by atoms with E-state index in [0.717, 1.165) is 57.3 Å². The molecule has 0 aromatic heterocycles. The minimum Gasteiger partial charge on any atom is -0.375 e. The molecule has 2 N–H and O–H groups in total. The maximum atomic E-state index is 13.4. The van der Waals surface area contributed by atoms with Gasteiger partial charge in [0.25, 0.3) is 5.91 Å². The number of carbonyl (C=O) groups is 1. The maximum absolute atomic E-state index is 13.4. The van der Waals surface area contributed by atoms with Gasteiger partial charge >= 0.3 is 0 Å². The Balaban J connectivity index is 1.19. The summed E-state index contributed by atoms with van der Waals surface area (Å²) in [5.41, 5.74) is 0.721. The molecule has 2 unspecified atom stereocenters. The van der Waals surface area contributed by atoms with Crippen molar-refractivity contribution in [1.29, 1.82) is 0 Å². The second-order valence-electron chi connectivity index (χ2n) is 9.44. The number of hydrogen-bond acceptors (Lipinski definition) is 3. The lowest BCUT2D eigenvalue weighted by Crippen LogP contribution is -2.51. The van der Waals surface area contributed by atoms with E-state index in [4.69, 9.17) is 0 Å². The molecular weight excluding hydrogens is 372 g/mol. The number of nitrogens with one attached hydrogen (secondary N) is 1. The molecule has 4 nitrogen and oxygen atoms in total. The molecule has 4 heteroatoms. The predicted molar refractivity (Wildman–Crippen MR) is 118 cm³/mol. The number of aliphatic hydroxyl groups is 1. The predicted octanol–water partition coefficient (Wildman–Crippen LogP) is 3.35. The molecule has 2 aromatic rings. The topological polar surface area (TPSA) is 52.6 Å². The standard InChI is InChI=1S/C26H32N2O2/c29-25(26(30,21-13-7-8-14-21)20-11-5-2-6-12-20)27-24-22-17-28(18-23(22)24)16-15-19-9-3-1-4-10-19/h1-6,9-12,21-24,30H,7-8,13-18H2,(H,27,29)/t22-,23+,24?,26?. The lowest BCUT2D eigenvalue weighted by atomic mass is 9.79. The van der Waals surface area contributed by atoms with Gasteiger partial charge in [-0.1, -0.05) is 73.5 Å². The summed E-state index contributed by atoms with van der Waals surface area (Å²) in [5, 5.41) is 14.9. The lowest BCUT2D eigenvalue weighted by Gasteiger charge is -2.33. The number of benzene rings is 2. The third-order valence-corrected chi connectivity index (χ3v) is 7.63. The number of piperidine rings is 1. The summed E-state index contributed by atoms with van der Waals surface area (Å²) in [4.78, 5) is 15.9. The second-order valence-corrected chi connectivity index (χ2v) is 9.44. The average Bonchev–Trinajstić information content (AvgIpc) is 3.20. The van der Waals surface area contributed by atoms with Gasteiger partial charge in [-0.15, -0.1) is 0 Å². The third-order valence-electron chi connectivity index (χ3n) is 7.63. The van der Waals surface area contributed by atoms with E-state index in [-0.39, 0.29) is 17.9 Å². The molecule has 4 atom stereocenters. The van der Waals surface area contributed by atoms with Crippen LogP contribution in [0.4, 0.5) is 0 Å². The van der Waals surface area contributed by atoms with Crippen LogP contribution in [-0.4, -0.2) is 41.6 Å². The van der Waals surface area contributed by atoms with Crippen molar-refractivity contribution in [2.45, 2.75) is 43.7 Å². The molecular formula is C26H32N2O2. The van der Waals surface area contributed by atoms with E-state index in [1.54, 1.807) is 0 Å². The maximum Gasteiger partial charge on any atom is 0.257 e. The summed E-state index contributed by atoms with van der Waals surface area (Å²) < 4.78 is 0. The number of nitrogens with zero attached hydrogens (tertiary/aromatic N) is 1. The minimum absolute atomic E-state index is 0.0147. The highest BCUT2D eigenvalue weighted by Crippen LogP contribution is 2.47. The smallest absolute Gasteiger partial charge is 0.257 e. The van der Waals surface area contributed by atoms with Gasteiger partial charge in [-0.05, 0) is 42.2 Å². The second kappa shape index (κ2) is 8.16. The first kappa shape index (κ1) is 19.8. The van der Waals surface area contributed by atoms with E-state index < -0.39 is 5.60 Å². The Labute approximate surface area is 179 Å². The summed E-state index contributed by atoms with van der Waals surface area (Å²) in [6.07, 6.45) is 5.11. The lowest BCUT2D eigenvalue weighted by molar-refractivity contribution is -0.147. The molecule has 3 fully saturated rings. The molecule has 2 aliphatic carbocycles. The monoisotopic (exact) mass is 404 g/mol. The molecule has 5 rings (SSSR count). The summed E-state index contributed by atoms with van der Waals surface area (Å²) >= 11 is 0. The van der Waals surface area contributed by atoms with Crippen molar-refractivity contribution in [3.8, 4) is 0 Å². The van der Waals surface area contributed by atoms with Crippen molar-refractivity contribution in [3.63, 3.8) is 0 Å². The van der Waals surface area contributed by atoms with Crippen molar-refractivity contribution < 1.29 is 9.90 Å². The number of fused-ring (bicyclic) bond motifs is 1. The SMILES string of the molecule is O=C(NC1[C@H]2CN(CCc3ccccc3)C[C@@H]12)C(O)(c1ccccc1)C1CCCC1. The molecule has 1 saturated heterocycles. The molecule has 158 valence electrons. The molecule has 0 spiro atoms. The van der Waals surface area contributed by atoms with Crippen LogP contribution in [0.15, 0.2) is 60.7 Å². The van der Waals surface area contributed by atoms with Gasteiger partial charge < -0.3 is 15.3 Å². The van der Waals surface area contributed by atoms with E-state index in [1.807, 2.05) is 30.3 Å². The van der Waals surface area contributed by atoms with Crippen LogP contribution in [0.1, 0.15) is 36.8 Å². The minimum atomic E-state index is -1.40. The van der Waals surface area contributed by atoms with Crippen molar-refractivity contribution in [1.82, 2.24) is 10.2 Å². The van der Waals surface area contributed by atoms with Gasteiger partial charge in [-0.25, -0.2) is 0 Å². The molecule has 0 bridgehead atoms. The number of hydrogen-bond donors (Lipinski definition) is 2. The molecule has 1 heterocycles. The summed E-state index contributed by atoms with van der Waals surface area (Å²) in [6.45, 7) is 3.18. The van der Waals surface area contributed by atoms with Crippen LogP contribution in [0, 0.1) is 17.8 Å². The highest BCUT2D eigenvalue weighted by atomic mass is 16.3. The van der Waals surface area contributed by atoms with Gasteiger partial charge in [0.2, 0.25) is 0 Å². The average molecular weight is 405 g/mol. The van der Waals surface area contributed by atoms with Crippen LogP contribution in [-0.2, 0) is 16.8 Å². The number of amides is 1. The summed E-state index contributed by atoms with van der Waals surface area (Å²) in [7, 11) is 0. The van der Waals surface area contributed by atoms with Crippen molar-refractivity contribution >= 4 is 5.91 Å². The Morgan fingerprint density at radius 3 is 2.20 bits per heavy atom. The molecule has 0 radical (unpaired) electrons. The summed E-state index contributed by atoms with van der Waals surface area (Å²) in [6, 6.07) is 20.4. The first-order valence-corrected chi connectivity index (χ1v) is 11.5. The zero-order chi connectivity index (χ0) is 20.6. The zero-order valence-electron chi connectivity index (χ0n) is 17.5. The van der Waals surface area contributed by atoms with Gasteiger partial charge in [0.05, 0.1) is 0 Å². The van der Waals surface area contributed by atoms with Crippen LogP contribution >= 0.6 is 0 Å². The van der Waals surface area contributed by atoms with Crippen molar-refractivity contribution in [2.24, 2.45) is 17.8 Å². The number of rotatable bonds is 7. The highest BCUT2D eigenvalue weighted by Gasteiger charge is 2.58. The fourth-order valence-electron chi connectivity index (χ4n) is 5.79. The quantitative estimate of drug-likeness (QED) is 0.744. The van der Waals surface area contributed by atoms with Gasteiger partial charge in [0, 0.05) is 31.6 Å². The Morgan fingerprint density at radius 1 is 0.967 bits per heavy atom. The van der Waals surface area contributed by atoms with Gasteiger partial charge in [0.1, 0.15) is 0 Å². The molecule has 2 saturated carbocycles. The molecule has 2 aromatic carbocycles. The number of likely N-dealkylation sites (tertiary alicyclic amines) is 1. The van der Waals surface area contributed by atoms with E-state index in [0.29, 0.717) is 11.8 Å². The first-order valence-electron chi connectivity index (χ1n) is 11.5. The molecule has 30 heavy (non-hydrogen) atoms. The fourth-order valence-corrected chi connectivity index (χ4v) is 5.79. The Kier molecular flexibility index (Phi) is 5.38. The van der Waals surface area contributed by atoms with E-state index >= 15 is 0 Å². The molecule has 1 amide bonds. The molecule has 3 aliphatic rings. The van der Waals surface area contributed by atoms with Crippen LogP contribution in [0.3, 0.4) is 0 Å². The normalized spacial score (nSPS) is 28.1. The van der Waals surface area contributed by atoms with Gasteiger partial charge in [0.15, 0.2) is 5.60 Å². The van der Waals surface area contributed by atoms with Crippen LogP contribution in [0.25, 0.3) is 0 Å². The van der Waals surface area contributed by atoms with Crippen LogP contribution in [0.2, 0.25) is 0 Å². The van der Waals surface area contributed by atoms with E-state index in [1.165, 1.54) is 5.56 Å². The fraction of sp³-hybridized carbons (Fsp3) is 0.500. The number of carbonyl (C=O) groups excluding carboxylic acids is 1. The first-order chi connectivity index (χ1) is 14.7. The van der Waals surface area contributed by atoms with E-state index in [9.17, 15) is 9.90 Å². The highest BCUT2D eigenvalue weighted by molar-refractivity contribution is 5.87. The van der Waals surface area contributed by atoms with Crippen LogP contribution < -0.4 is 5.32 Å². The Hall–Kier alpha value is -2.17. The Morgan fingerprint density at radius 2 is 1.57 bits per heavy atom. The van der Waals surface area contributed by atoms with Crippen LogP contribution in [0.5, 0.6) is 0 Å². The van der Waals surface area contributed by atoms with Crippen molar-refractivity contribution in [3.05, 3.63) is 71.8 Å². The van der Waals surface area contributed by atoms with Gasteiger partial charge in [-0.3, -0.25) is 4.79 Å². The zero-order valence-corrected chi connectivity index (χ0v) is 17.5. The van der Waals surface area contributed by atoms with E-state index in [2.05, 4.69) is 40.5 Å². The third kappa shape index (κ3) is 3.67. The van der Waals surface area contributed by atoms with Crippen molar-refractivity contribution in [2.75, 3.05) is 19.6 Å². The van der Waals surface area contributed by atoms with Gasteiger partial charge in [-0.2, -0.15) is 0 Å². The summed E-state index contributed by atoms with van der Waals surface area (Å²) in [5.74, 6) is 0.901. The largest absolute Gasteiger partial charge is 0.375 e.